The molecule has 9 heteroatoms. The molecule has 0 radical (unpaired) electrons. The molecule has 2 rings (SSSR count). The highest BCUT2D eigenvalue weighted by Crippen LogP contribution is 2.34. The minimum Gasteiger partial charge on any atom is -0.496 e. The van der Waals surface area contributed by atoms with Crippen molar-refractivity contribution in [1.82, 2.24) is 10.6 Å². The predicted molar refractivity (Wildman–Crippen MR) is 134 cm³/mol. The maximum atomic E-state index is 5.80. The van der Waals surface area contributed by atoms with E-state index >= 15 is 0 Å². The van der Waals surface area contributed by atoms with Crippen LogP contribution < -0.4 is 24.8 Å². The average Bonchev–Trinajstić information content (AvgIpc) is 2.80. The number of hydrogen-bond donors (Lipinski definition) is 2. The first-order chi connectivity index (χ1) is 14.7. The molecule has 0 bridgehead atoms. The second-order valence-electron chi connectivity index (χ2n) is 7.17. The molecule has 0 atom stereocenters. The second kappa shape index (κ2) is 16.2. The highest BCUT2D eigenvalue weighted by Gasteiger charge is 2.14. The lowest BCUT2D eigenvalue weighted by Gasteiger charge is -2.21. The molecule has 1 saturated heterocycles. The van der Waals surface area contributed by atoms with Crippen molar-refractivity contribution in [2.24, 2.45) is 10.9 Å². The molecule has 1 fully saturated rings. The maximum absolute atomic E-state index is 5.80. The summed E-state index contributed by atoms with van der Waals surface area (Å²) in [7, 11) is 6.69. The minimum atomic E-state index is 0. The largest absolute Gasteiger partial charge is 0.496 e. The number of benzene rings is 1. The van der Waals surface area contributed by atoms with Crippen molar-refractivity contribution in [3.05, 3.63) is 17.7 Å². The molecular formula is C22H38IN3O5. The van der Waals surface area contributed by atoms with Gasteiger partial charge < -0.3 is 34.3 Å². The molecule has 0 aliphatic carbocycles. The zero-order valence-corrected chi connectivity index (χ0v) is 21.5. The number of nitrogens with zero attached hydrogens (tertiary/aromatic N) is 1. The van der Waals surface area contributed by atoms with Gasteiger partial charge in [0.25, 0.3) is 0 Å². The quantitative estimate of drug-likeness (QED) is 0.179. The monoisotopic (exact) mass is 551 g/mol. The van der Waals surface area contributed by atoms with Crippen LogP contribution in [0, 0.1) is 5.92 Å². The summed E-state index contributed by atoms with van der Waals surface area (Å²) in [6, 6.07) is 3.73. The summed E-state index contributed by atoms with van der Waals surface area (Å²) >= 11 is 0. The van der Waals surface area contributed by atoms with Gasteiger partial charge in [-0.3, -0.25) is 4.99 Å². The number of rotatable bonds is 12. The first-order valence-electron chi connectivity index (χ1n) is 10.6. The topological polar surface area (TPSA) is 82.6 Å². The van der Waals surface area contributed by atoms with Crippen LogP contribution in [0.4, 0.5) is 0 Å². The zero-order chi connectivity index (χ0) is 21.6. The molecule has 1 aliphatic rings. The number of nitrogens with one attached hydrogen (secondary N) is 2. The van der Waals surface area contributed by atoms with Crippen molar-refractivity contribution < 1.29 is 23.7 Å². The zero-order valence-electron chi connectivity index (χ0n) is 19.2. The van der Waals surface area contributed by atoms with E-state index in [1.807, 2.05) is 12.1 Å². The number of halogens is 1. The van der Waals surface area contributed by atoms with Gasteiger partial charge in [0, 0.05) is 64.3 Å². The van der Waals surface area contributed by atoms with Gasteiger partial charge in [-0.05, 0) is 31.6 Å². The summed E-state index contributed by atoms with van der Waals surface area (Å²) in [5, 5.41) is 6.66. The van der Waals surface area contributed by atoms with E-state index in [0.717, 1.165) is 81.7 Å². The van der Waals surface area contributed by atoms with Crippen molar-refractivity contribution in [2.45, 2.75) is 25.7 Å². The molecule has 0 amide bonds. The Morgan fingerprint density at radius 3 is 2.26 bits per heavy atom. The van der Waals surface area contributed by atoms with Crippen LogP contribution in [0.2, 0.25) is 0 Å². The maximum Gasteiger partial charge on any atom is 0.190 e. The number of methoxy groups -OCH3 is 3. The van der Waals surface area contributed by atoms with Gasteiger partial charge in [0.1, 0.15) is 17.2 Å². The standard InChI is InChI=1S/C22H37N3O5.HI/c1-23-22(24-9-5-11-30-16-17-7-12-29-13-8-17)25-10-6-19-20(27-3)14-18(26-2)15-21(19)28-4;/h14-15,17H,5-13,16H2,1-4H3,(H2,23,24,25);1H. The van der Waals surface area contributed by atoms with Gasteiger partial charge in [0.05, 0.1) is 21.3 Å². The highest BCUT2D eigenvalue weighted by atomic mass is 127. The first-order valence-corrected chi connectivity index (χ1v) is 10.6. The number of guanidine groups is 1. The van der Waals surface area contributed by atoms with Crippen molar-refractivity contribution in [2.75, 3.05) is 67.9 Å². The summed E-state index contributed by atoms with van der Waals surface area (Å²) in [5.41, 5.74) is 0.991. The normalized spacial score (nSPS) is 14.5. The Morgan fingerprint density at radius 2 is 1.68 bits per heavy atom. The Hall–Kier alpha value is -1.46. The third-order valence-electron chi connectivity index (χ3n) is 5.16. The van der Waals surface area contributed by atoms with Crippen molar-refractivity contribution in [3.8, 4) is 17.2 Å². The van der Waals surface area contributed by atoms with Crippen LogP contribution in [-0.2, 0) is 15.9 Å². The lowest BCUT2D eigenvalue weighted by Crippen LogP contribution is -2.39. The van der Waals surface area contributed by atoms with Crippen LogP contribution in [0.15, 0.2) is 17.1 Å². The molecule has 8 nitrogen and oxygen atoms in total. The SMILES string of the molecule is CN=C(NCCCOCC1CCOCC1)NCCc1c(OC)cc(OC)cc1OC.I. The summed E-state index contributed by atoms with van der Waals surface area (Å²) in [6.45, 7) is 4.82. The minimum absolute atomic E-state index is 0. The molecule has 0 saturated carbocycles. The fourth-order valence-electron chi connectivity index (χ4n) is 3.39. The van der Waals surface area contributed by atoms with Gasteiger partial charge in [0.15, 0.2) is 5.96 Å². The smallest absolute Gasteiger partial charge is 0.190 e. The lowest BCUT2D eigenvalue weighted by atomic mass is 10.0. The van der Waals surface area contributed by atoms with Crippen molar-refractivity contribution in [3.63, 3.8) is 0 Å². The van der Waals surface area contributed by atoms with E-state index in [-0.39, 0.29) is 24.0 Å². The molecular weight excluding hydrogens is 513 g/mol. The van der Waals surface area contributed by atoms with E-state index in [2.05, 4.69) is 15.6 Å². The molecule has 0 unspecified atom stereocenters. The molecule has 1 heterocycles. The number of aliphatic imine (C=N–C) groups is 1. The van der Waals surface area contributed by atoms with Crippen LogP contribution in [0.3, 0.4) is 0 Å². The van der Waals surface area contributed by atoms with E-state index in [0.29, 0.717) is 18.2 Å². The van der Waals surface area contributed by atoms with Gasteiger partial charge in [-0.2, -0.15) is 0 Å². The van der Waals surface area contributed by atoms with Gasteiger partial charge in [-0.25, -0.2) is 0 Å². The van der Waals surface area contributed by atoms with E-state index in [9.17, 15) is 0 Å². The van der Waals surface area contributed by atoms with Gasteiger partial charge in [0.2, 0.25) is 0 Å². The molecule has 0 aromatic heterocycles. The van der Waals surface area contributed by atoms with Crippen LogP contribution in [-0.4, -0.2) is 73.9 Å². The number of hydrogen-bond acceptors (Lipinski definition) is 6. The summed E-state index contributed by atoms with van der Waals surface area (Å²) in [5.74, 6) is 3.62. The Balaban J connectivity index is 0.00000480. The van der Waals surface area contributed by atoms with Crippen molar-refractivity contribution in [1.29, 1.82) is 0 Å². The summed E-state index contributed by atoms with van der Waals surface area (Å²) < 4.78 is 27.5. The van der Waals surface area contributed by atoms with E-state index in [1.165, 1.54) is 0 Å². The molecule has 2 N–H and O–H groups in total. The average molecular weight is 551 g/mol. The van der Waals surface area contributed by atoms with Crippen LogP contribution >= 0.6 is 24.0 Å². The lowest BCUT2D eigenvalue weighted by molar-refractivity contribution is 0.0203. The van der Waals surface area contributed by atoms with E-state index in [1.54, 1.807) is 28.4 Å². The Labute approximate surface area is 203 Å². The van der Waals surface area contributed by atoms with Crippen molar-refractivity contribution >= 4 is 29.9 Å². The molecule has 1 aliphatic heterocycles. The van der Waals surface area contributed by atoms with Gasteiger partial charge in [-0.1, -0.05) is 0 Å². The molecule has 31 heavy (non-hydrogen) atoms. The second-order valence-corrected chi connectivity index (χ2v) is 7.17. The molecule has 1 aromatic carbocycles. The van der Waals surface area contributed by atoms with Gasteiger partial charge >= 0.3 is 0 Å². The molecule has 178 valence electrons. The fourth-order valence-corrected chi connectivity index (χ4v) is 3.39. The van der Waals surface area contributed by atoms with Crippen LogP contribution in [0.25, 0.3) is 0 Å². The predicted octanol–water partition coefficient (Wildman–Crippen LogP) is 2.87. The van der Waals surface area contributed by atoms with Gasteiger partial charge in [-0.15, -0.1) is 24.0 Å². The summed E-state index contributed by atoms with van der Waals surface area (Å²) in [6.07, 6.45) is 3.88. The van der Waals surface area contributed by atoms with Crippen LogP contribution in [0.5, 0.6) is 17.2 Å². The number of ether oxygens (including phenoxy) is 5. The Kier molecular flexibility index (Phi) is 14.4. The van der Waals surface area contributed by atoms with Crippen LogP contribution in [0.1, 0.15) is 24.8 Å². The third-order valence-corrected chi connectivity index (χ3v) is 5.16. The third kappa shape index (κ3) is 9.69. The highest BCUT2D eigenvalue weighted by molar-refractivity contribution is 14.0. The summed E-state index contributed by atoms with van der Waals surface area (Å²) in [4.78, 5) is 4.28. The fraction of sp³-hybridized carbons (Fsp3) is 0.682. The van der Waals surface area contributed by atoms with E-state index in [4.69, 9.17) is 23.7 Å². The van der Waals surface area contributed by atoms with E-state index < -0.39 is 0 Å². The molecule has 0 spiro atoms. The Bertz CT molecular complexity index is 629. The molecule has 1 aromatic rings. The first kappa shape index (κ1) is 27.6. The Morgan fingerprint density at radius 1 is 1.03 bits per heavy atom.